The average Bonchev–Trinajstić information content (AvgIpc) is 3.10. The van der Waals surface area contributed by atoms with Gasteiger partial charge in [-0.1, -0.05) is 72.8 Å². The minimum Gasteiger partial charge on any atom is -0.497 e. The van der Waals surface area contributed by atoms with Gasteiger partial charge < -0.3 is 9.84 Å². The van der Waals surface area contributed by atoms with Gasteiger partial charge in [0.25, 0.3) is 0 Å². The van der Waals surface area contributed by atoms with Crippen LogP contribution in [0.3, 0.4) is 0 Å². The van der Waals surface area contributed by atoms with Crippen LogP contribution in [0.4, 0.5) is 13.2 Å². The van der Waals surface area contributed by atoms with E-state index < -0.39 is 29.5 Å². The minimum atomic E-state index is -4.53. The maximum Gasteiger partial charge on any atom is 0.416 e. The first-order valence-corrected chi connectivity index (χ1v) is 15.3. The predicted octanol–water partition coefficient (Wildman–Crippen LogP) is 8.26. The summed E-state index contributed by atoms with van der Waals surface area (Å²) >= 11 is 0. The fourth-order valence-electron chi connectivity index (χ4n) is 6.45. The number of fused-ring (bicyclic) bond motifs is 5. The molecule has 0 amide bonds. The first-order valence-electron chi connectivity index (χ1n) is 15.3. The van der Waals surface area contributed by atoms with E-state index in [1.807, 2.05) is 48.5 Å². The van der Waals surface area contributed by atoms with Crippen molar-refractivity contribution in [2.45, 2.75) is 25.4 Å². The molecule has 1 aliphatic rings. The zero-order valence-electron chi connectivity index (χ0n) is 26.4. The van der Waals surface area contributed by atoms with Crippen LogP contribution in [0.15, 0.2) is 110 Å². The van der Waals surface area contributed by atoms with Crippen molar-refractivity contribution in [1.82, 2.24) is 9.97 Å². The fraction of sp³-hybridized carbons (Fsp3) is 0.154. The molecule has 0 fully saturated rings. The molecule has 0 saturated heterocycles. The number of halogens is 3. The predicted molar refractivity (Wildman–Crippen MR) is 178 cm³/mol. The summed E-state index contributed by atoms with van der Waals surface area (Å²) in [5.74, 6) is -2.92. The van der Waals surface area contributed by atoms with E-state index in [-0.39, 0.29) is 29.1 Å². The lowest BCUT2D eigenvalue weighted by Crippen LogP contribution is -2.37. The highest BCUT2D eigenvalue weighted by atomic mass is 19.4. The Hall–Kier alpha value is -5.90. The molecule has 1 aliphatic carbocycles. The molecule has 0 aliphatic heterocycles. The van der Waals surface area contributed by atoms with Gasteiger partial charge in [0.2, 0.25) is 0 Å². The Morgan fingerprint density at radius 3 is 2.18 bits per heavy atom. The van der Waals surface area contributed by atoms with E-state index in [1.54, 1.807) is 37.4 Å². The summed E-state index contributed by atoms with van der Waals surface area (Å²) < 4.78 is 46.3. The molecule has 2 unspecified atom stereocenters. The van der Waals surface area contributed by atoms with Crippen LogP contribution < -0.4 is 4.74 Å². The van der Waals surface area contributed by atoms with Gasteiger partial charge in [-0.3, -0.25) is 9.59 Å². The SMILES string of the molecule is COc1ccc(C2C(=O)C(Cc3cccc(C(F)(F)F)c3C)C(=O)c3c2ccc2c3ccc3ccccc32)cc1.O=C(O)c1cncnc1. The quantitative estimate of drug-likeness (QED) is 0.146. The molecule has 49 heavy (non-hydrogen) atoms. The number of nitrogens with zero attached hydrogens (tertiary/aromatic N) is 2. The van der Waals surface area contributed by atoms with Crippen molar-refractivity contribution in [3.63, 3.8) is 0 Å². The Labute approximate surface area is 279 Å². The molecule has 1 N–H and O–H groups in total. The summed E-state index contributed by atoms with van der Waals surface area (Å²) in [4.78, 5) is 45.5. The van der Waals surface area contributed by atoms with Crippen LogP contribution in [0.25, 0.3) is 21.5 Å². The first kappa shape index (κ1) is 33.0. The summed E-state index contributed by atoms with van der Waals surface area (Å²) in [5, 5.41) is 11.9. The number of carboxylic acid groups (broad SMARTS) is 1. The number of Topliss-reactive ketones (excluding diaryl/α,β-unsaturated/α-hetero) is 2. The number of ketones is 2. The van der Waals surface area contributed by atoms with E-state index in [1.165, 1.54) is 31.7 Å². The Morgan fingerprint density at radius 2 is 1.53 bits per heavy atom. The number of carbonyl (C=O) groups is 3. The van der Waals surface area contributed by atoms with Crippen molar-refractivity contribution in [1.29, 1.82) is 0 Å². The number of methoxy groups -OCH3 is 1. The van der Waals surface area contributed by atoms with E-state index in [0.29, 0.717) is 28.0 Å². The van der Waals surface area contributed by atoms with Crippen molar-refractivity contribution in [3.8, 4) is 5.75 Å². The standard InChI is InChI=1S/C34H25F3O3.C5H4N2O2/c1-19-22(7-5-9-29(19)34(35,36)37)18-28-32(38)30(21-10-13-23(40-2)14-11-21)27-17-16-25-24-8-4-3-6-20(24)12-15-26(25)31(27)33(28)39;8-5(9)4-1-6-3-7-2-4/h3-17,28,30H,18H2,1-2H3;1-3H,(H,8,9). The molecule has 5 aromatic carbocycles. The third-order valence-corrected chi connectivity index (χ3v) is 8.89. The second-order valence-corrected chi connectivity index (χ2v) is 11.7. The average molecular weight is 663 g/mol. The van der Waals surface area contributed by atoms with Crippen LogP contribution in [-0.2, 0) is 17.4 Å². The molecule has 1 heterocycles. The van der Waals surface area contributed by atoms with Gasteiger partial charge in [-0.15, -0.1) is 0 Å². The van der Waals surface area contributed by atoms with Crippen LogP contribution in [0.5, 0.6) is 5.75 Å². The van der Waals surface area contributed by atoms with Crippen molar-refractivity contribution in [3.05, 3.63) is 149 Å². The van der Waals surface area contributed by atoms with Gasteiger partial charge in [0.15, 0.2) is 11.6 Å². The number of hydrogen-bond acceptors (Lipinski definition) is 6. The number of carbonyl (C=O) groups excluding carboxylic acids is 2. The number of aromatic carboxylic acids is 1. The highest BCUT2D eigenvalue weighted by molar-refractivity contribution is 6.25. The van der Waals surface area contributed by atoms with Gasteiger partial charge in [-0.2, -0.15) is 13.2 Å². The largest absolute Gasteiger partial charge is 0.497 e. The molecule has 1 aromatic heterocycles. The first-order chi connectivity index (χ1) is 23.5. The van der Waals surface area contributed by atoms with Gasteiger partial charge in [-0.05, 0) is 75.3 Å². The highest BCUT2D eigenvalue weighted by Crippen LogP contribution is 2.43. The van der Waals surface area contributed by atoms with Gasteiger partial charge in [0.1, 0.15) is 12.1 Å². The second kappa shape index (κ2) is 13.3. The second-order valence-electron chi connectivity index (χ2n) is 11.7. The van der Waals surface area contributed by atoms with Crippen molar-refractivity contribution in [2.24, 2.45) is 5.92 Å². The summed E-state index contributed by atoms with van der Waals surface area (Å²) in [6.07, 6.45) is -0.864. The van der Waals surface area contributed by atoms with Crippen LogP contribution >= 0.6 is 0 Å². The lowest BCUT2D eigenvalue weighted by Gasteiger charge is -2.31. The number of aromatic nitrogens is 2. The molecule has 7 rings (SSSR count). The van der Waals surface area contributed by atoms with Gasteiger partial charge in [0.05, 0.1) is 30.1 Å². The number of carboxylic acids is 1. The number of hydrogen-bond donors (Lipinski definition) is 1. The zero-order valence-corrected chi connectivity index (χ0v) is 26.4. The van der Waals surface area contributed by atoms with E-state index >= 15 is 0 Å². The van der Waals surface area contributed by atoms with Crippen LogP contribution in [0.1, 0.15) is 54.5 Å². The van der Waals surface area contributed by atoms with Gasteiger partial charge in [0, 0.05) is 18.0 Å². The molecule has 10 heteroatoms. The summed E-state index contributed by atoms with van der Waals surface area (Å²) in [5.41, 5.74) is 1.49. The Kier molecular flexibility index (Phi) is 8.97. The highest BCUT2D eigenvalue weighted by Gasteiger charge is 2.43. The van der Waals surface area contributed by atoms with Crippen molar-refractivity contribution in [2.75, 3.05) is 7.11 Å². The maximum absolute atomic E-state index is 14.2. The maximum atomic E-state index is 14.2. The van der Waals surface area contributed by atoms with Crippen LogP contribution in [0, 0.1) is 12.8 Å². The zero-order chi connectivity index (χ0) is 34.9. The smallest absolute Gasteiger partial charge is 0.416 e. The van der Waals surface area contributed by atoms with Gasteiger partial charge in [-0.25, -0.2) is 14.8 Å². The lowest BCUT2D eigenvalue weighted by atomic mass is 9.69. The molecule has 0 spiro atoms. The van der Waals surface area contributed by atoms with Crippen molar-refractivity contribution >= 4 is 39.1 Å². The van der Waals surface area contributed by atoms with Crippen LogP contribution in [0.2, 0.25) is 0 Å². The Balaban J connectivity index is 0.000000403. The summed E-state index contributed by atoms with van der Waals surface area (Å²) in [6, 6.07) is 26.6. The monoisotopic (exact) mass is 662 g/mol. The Morgan fingerprint density at radius 1 is 0.837 bits per heavy atom. The lowest BCUT2D eigenvalue weighted by molar-refractivity contribution is -0.138. The van der Waals surface area contributed by atoms with E-state index in [2.05, 4.69) is 9.97 Å². The fourth-order valence-corrected chi connectivity index (χ4v) is 6.45. The molecule has 0 radical (unpaired) electrons. The summed E-state index contributed by atoms with van der Waals surface area (Å²) in [7, 11) is 1.55. The number of ether oxygens (including phenoxy) is 1. The molecule has 0 saturated carbocycles. The molecule has 0 bridgehead atoms. The molecule has 6 aromatic rings. The molecular weight excluding hydrogens is 633 g/mol. The number of benzene rings is 5. The molecule has 246 valence electrons. The molecule has 7 nitrogen and oxygen atoms in total. The van der Waals surface area contributed by atoms with E-state index in [4.69, 9.17) is 9.84 Å². The third kappa shape index (κ3) is 6.37. The Bertz CT molecular complexity index is 2220. The number of rotatable bonds is 5. The molecular formula is C39H29F3N2O5. The van der Waals surface area contributed by atoms with E-state index in [9.17, 15) is 27.6 Å². The van der Waals surface area contributed by atoms with Crippen LogP contribution in [-0.4, -0.2) is 39.7 Å². The number of alkyl halides is 3. The van der Waals surface area contributed by atoms with Crippen molar-refractivity contribution < 1.29 is 37.4 Å². The van der Waals surface area contributed by atoms with Gasteiger partial charge >= 0.3 is 12.1 Å². The third-order valence-electron chi connectivity index (χ3n) is 8.89. The minimum absolute atomic E-state index is 0.0336. The van der Waals surface area contributed by atoms with E-state index in [0.717, 1.165) is 27.6 Å². The molecule has 2 atom stereocenters. The topological polar surface area (TPSA) is 106 Å². The summed E-state index contributed by atoms with van der Waals surface area (Å²) in [6.45, 7) is 1.40. The normalized spacial score (nSPS) is 15.8.